The third-order valence-electron chi connectivity index (χ3n) is 8.20. The predicted molar refractivity (Wildman–Crippen MR) is 194 cm³/mol. The smallest absolute Gasteiger partial charge is 0.435 e. The normalized spacial score (nSPS) is 12.4. The fraction of sp³-hybridized carbons (Fsp3) is 0.389. The molecule has 0 fully saturated rings. The SMILES string of the molecule is CCC(C)(C)COC(=O)N=C(N)c1ccc(NC(c2nc(OCOC(=O)C(C)(C)C(=O)O)n(-c3ncccn3)n2)c2cc(OC)cc(OCCO)c2F)cc1. The third-order valence-corrected chi connectivity index (χ3v) is 8.20. The Hall–Kier alpha value is -6.37. The van der Waals surface area contributed by atoms with Crippen molar-refractivity contribution in [2.75, 3.05) is 39.0 Å². The number of aliphatic hydroxyl groups is 1. The second-order valence-electron chi connectivity index (χ2n) is 13.2. The van der Waals surface area contributed by atoms with Gasteiger partial charge in [0.05, 0.1) is 20.3 Å². The molecule has 1 unspecified atom stereocenters. The van der Waals surface area contributed by atoms with E-state index in [1.807, 2.05) is 20.8 Å². The highest BCUT2D eigenvalue weighted by Crippen LogP contribution is 2.36. The Morgan fingerprint density at radius 2 is 1.75 bits per heavy atom. The van der Waals surface area contributed by atoms with Gasteiger partial charge in [-0.2, -0.15) is 9.98 Å². The molecule has 4 aromatic rings. The number of carbonyl (C=O) groups excluding carboxylic acids is 2. The summed E-state index contributed by atoms with van der Waals surface area (Å²) in [7, 11) is 1.37. The van der Waals surface area contributed by atoms with Crippen LogP contribution < -0.4 is 25.3 Å². The lowest BCUT2D eigenvalue weighted by atomic mass is 9.92. The number of anilines is 1. The lowest BCUT2D eigenvalue weighted by Gasteiger charge is -2.21. The minimum Gasteiger partial charge on any atom is -0.497 e. The van der Waals surface area contributed by atoms with E-state index in [2.05, 4.69) is 30.4 Å². The van der Waals surface area contributed by atoms with Crippen molar-refractivity contribution in [3.8, 4) is 23.5 Å². The summed E-state index contributed by atoms with van der Waals surface area (Å²) in [6.45, 7) is 7.02. The van der Waals surface area contributed by atoms with Crippen LogP contribution in [0.15, 0.2) is 59.9 Å². The van der Waals surface area contributed by atoms with Crippen LogP contribution in [0.3, 0.4) is 0 Å². The number of nitrogens with one attached hydrogen (secondary N) is 1. The minimum atomic E-state index is -1.87. The van der Waals surface area contributed by atoms with Gasteiger partial charge in [0.15, 0.2) is 22.8 Å². The largest absolute Gasteiger partial charge is 0.497 e. The van der Waals surface area contributed by atoms with Crippen LogP contribution in [-0.4, -0.2) is 92.5 Å². The van der Waals surface area contributed by atoms with Gasteiger partial charge in [0.25, 0.3) is 5.95 Å². The van der Waals surface area contributed by atoms with Crippen molar-refractivity contribution in [2.45, 2.75) is 47.1 Å². The van der Waals surface area contributed by atoms with Crippen molar-refractivity contribution < 1.29 is 52.7 Å². The Morgan fingerprint density at radius 1 is 1.05 bits per heavy atom. The molecule has 0 bridgehead atoms. The Morgan fingerprint density at radius 3 is 2.36 bits per heavy atom. The summed E-state index contributed by atoms with van der Waals surface area (Å²) >= 11 is 0. The van der Waals surface area contributed by atoms with Crippen LogP contribution >= 0.6 is 0 Å². The molecule has 1 atom stereocenters. The highest BCUT2D eigenvalue weighted by Gasteiger charge is 2.38. The van der Waals surface area contributed by atoms with Crippen molar-refractivity contribution >= 4 is 29.6 Å². The number of aliphatic imine (C=N–C) groups is 1. The van der Waals surface area contributed by atoms with Crippen LogP contribution in [0.5, 0.6) is 17.5 Å². The Labute approximate surface area is 315 Å². The van der Waals surface area contributed by atoms with Gasteiger partial charge in [-0.1, -0.05) is 20.8 Å². The number of carboxylic acids is 1. The number of rotatable bonds is 18. The van der Waals surface area contributed by atoms with Crippen LogP contribution in [0.2, 0.25) is 0 Å². The van der Waals surface area contributed by atoms with Gasteiger partial charge < -0.3 is 44.9 Å². The van der Waals surface area contributed by atoms with E-state index in [4.69, 9.17) is 29.4 Å². The van der Waals surface area contributed by atoms with Gasteiger partial charge in [-0.15, -0.1) is 9.78 Å². The molecule has 294 valence electrons. The molecular weight excluding hydrogens is 723 g/mol. The quantitative estimate of drug-likeness (QED) is 0.0367. The molecule has 0 radical (unpaired) electrons. The van der Waals surface area contributed by atoms with Gasteiger partial charge in [0, 0.05) is 35.3 Å². The molecule has 0 aliphatic heterocycles. The maximum atomic E-state index is 16.3. The maximum Gasteiger partial charge on any atom is 0.435 e. The van der Waals surface area contributed by atoms with Crippen molar-refractivity contribution in [2.24, 2.45) is 21.6 Å². The summed E-state index contributed by atoms with van der Waals surface area (Å²) in [5, 5.41) is 26.4. The lowest BCUT2D eigenvalue weighted by molar-refractivity contribution is -0.170. The Kier molecular flexibility index (Phi) is 13.6. The number of carbonyl (C=O) groups is 3. The summed E-state index contributed by atoms with van der Waals surface area (Å²) in [4.78, 5) is 53.0. The number of ether oxygens (including phenoxy) is 5. The molecule has 18 nitrogen and oxygen atoms in total. The van der Waals surface area contributed by atoms with Gasteiger partial charge in [0.2, 0.25) is 6.79 Å². The van der Waals surface area contributed by atoms with E-state index in [1.165, 1.54) is 45.5 Å². The highest BCUT2D eigenvalue weighted by atomic mass is 19.1. The molecule has 0 saturated carbocycles. The number of nitrogens with zero attached hydrogens (tertiary/aromatic N) is 6. The number of carboxylic acid groups (broad SMARTS) is 1. The van der Waals surface area contributed by atoms with Crippen LogP contribution in [0.4, 0.5) is 14.9 Å². The van der Waals surface area contributed by atoms with E-state index in [0.717, 1.165) is 11.1 Å². The molecule has 55 heavy (non-hydrogen) atoms. The van der Waals surface area contributed by atoms with Gasteiger partial charge in [-0.05, 0) is 62.1 Å². The fourth-order valence-electron chi connectivity index (χ4n) is 4.38. The number of hydrogen-bond donors (Lipinski definition) is 4. The highest BCUT2D eigenvalue weighted by molar-refractivity contribution is 6.03. The number of nitrogens with two attached hydrogens (primary N) is 1. The van der Waals surface area contributed by atoms with Crippen molar-refractivity contribution in [1.82, 2.24) is 24.7 Å². The number of halogens is 1. The van der Waals surface area contributed by atoms with Gasteiger partial charge in [-0.25, -0.2) is 19.2 Å². The molecule has 0 aliphatic rings. The van der Waals surface area contributed by atoms with Crippen LogP contribution in [-0.2, 0) is 19.1 Å². The second kappa shape index (κ2) is 18.1. The van der Waals surface area contributed by atoms with Gasteiger partial charge in [-0.3, -0.25) is 9.59 Å². The topological polar surface area (TPSA) is 245 Å². The first kappa shape index (κ1) is 41.4. The van der Waals surface area contributed by atoms with E-state index in [-0.39, 0.29) is 59.3 Å². The summed E-state index contributed by atoms with van der Waals surface area (Å²) in [6, 6.07) is 9.05. The summed E-state index contributed by atoms with van der Waals surface area (Å²) in [5.74, 6) is -3.60. The minimum absolute atomic E-state index is 0.0267. The van der Waals surface area contributed by atoms with E-state index >= 15 is 4.39 Å². The third kappa shape index (κ3) is 10.6. The average Bonchev–Trinajstić information content (AvgIpc) is 3.60. The molecule has 2 aromatic carbocycles. The molecule has 0 spiro atoms. The number of esters is 1. The lowest BCUT2D eigenvalue weighted by Crippen LogP contribution is -2.35. The number of aliphatic carboxylic acids is 1. The van der Waals surface area contributed by atoms with Gasteiger partial charge in [0.1, 0.15) is 24.2 Å². The van der Waals surface area contributed by atoms with E-state index in [9.17, 15) is 24.6 Å². The Bertz CT molecular complexity index is 1990. The van der Waals surface area contributed by atoms with Crippen molar-refractivity contribution in [3.05, 3.63) is 77.6 Å². The number of benzene rings is 2. The Balaban J connectivity index is 1.75. The van der Waals surface area contributed by atoms with Crippen LogP contribution in [0, 0.1) is 16.6 Å². The predicted octanol–water partition coefficient (Wildman–Crippen LogP) is 4.05. The molecule has 2 aromatic heterocycles. The summed E-state index contributed by atoms with van der Waals surface area (Å²) in [5.41, 5.74) is 4.72. The second-order valence-corrected chi connectivity index (χ2v) is 13.2. The average molecular weight is 767 g/mol. The zero-order valence-corrected chi connectivity index (χ0v) is 31.1. The molecule has 2 heterocycles. The van der Waals surface area contributed by atoms with Crippen molar-refractivity contribution in [3.63, 3.8) is 0 Å². The molecule has 0 aliphatic carbocycles. The van der Waals surface area contributed by atoms with Crippen molar-refractivity contribution in [1.29, 1.82) is 0 Å². The van der Waals surface area contributed by atoms with Gasteiger partial charge >= 0.3 is 24.0 Å². The zero-order valence-electron chi connectivity index (χ0n) is 31.1. The molecule has 0 saturated heterocycles. The summed E-state index contributed by atoms with van der Waals surface area (Å²) in [6.07, 6.45) is 2.80. The molecule has 19 heteroatoms. The number of methoxy groups -OCH3 is 1. The number of aliphatic hydroxyl groups excluding tert-OH is 1. The van der Waals surface area contributed by atoms with E-state index < -0.39 is 48.7 Å². The number of aromatic nitrogens is 5. The summed E-state index contributed by atoms with van der Waals surface area (Å²) < 4.78 is 44.2. The monoisotopic (exact) mass is 766 g/mol. The van der Waals surface area contributed by atoms with Crippen LogP contribution in [0.25, 0.3) is 5.95 Å². The first-order chi connectivity index (χ1) is 26.1. The standard InChI is InChI=1S/C36H43FN8O10/c1-7-35(2,3)19-53-34(50)42-28(38)21-9-11-22(12-10-21)41-27(24-17-23(51-6)18-25(26(24)37)52-16-15-46)29-43-33(45(44-29)32-39-13-8-14-40-32)55-20-54-31(49)36(4,5)30(47)48/h8-14,17-18,27,41,46H,7,15-16,19-20H2,1-6H3,(H,47,48)(H2,38,42,50). The first-order valence-corrected chi connectivity index (χ1v) is 16.9. The van der Waals surface area contributed by atoms with Crippen LogP contribution in [0.1, 0.15) is 64.0 Å². The molecule has 1 amide bonds. The van der Waals surface area contributed by atoms with E-state index in [1.54, 1.807) is 30.3 Å². The maximum absolute atomic E-state index is 16.3. The number of amidine groups is 1. The van der Waals surface area contributed by atoms with E-state index in [0.29, 0.717) is 11.3 Å². The number of hydrogen-bond acceptors (Lipinski definition) is 14. The molecule has 4 rings (SSSR count). The first-order valence-electron chi connectivity index (χ1n) is 16.9. The fourth-order valence-corrected chi connectivity index (χ4v) is 4.38. The molecular formula is C36H43FN8O10. The molecule has 5 N–H and O–H groups in total. The number of amides is 1. The zero-order chi connectivity index (χ0) is 40.3.